The predicted molar refractivity (Wildman–Crippen MR) is 74.4 cm³/mol. The summed E-state index contributed by atoms with van der Waals surface area (Å²) < 4.78 is 2.17. The molecule has 1 aromatic heterocycles. The number of carboxylic acid groups (broad SMARTS) is 1. The smallest absolute Gasteiger partial charge is 0.335 e. The second kappa shape index (κ2) is 4.70. The maximum atomic E-state index is 11.1. The first-order valence-corrected chi connectivity index (χ1v) is 6.77. The number of carboxylic acids is 1. The zero-order valence-electron chi connectivity index (χ0n) is 11.0. The molecule has 2 aromatic rings. The van der Waals surface area contributed by atoms with Gasteiger partial charge >= 0.3 is 5.97 Å². The van der Waals surface area contributed by atoms with Crippen molar-refractivity contribution in [1.82, 2.24) is 9.88 Å². The lowest BCUT2D eigenvalue weighted by atomic mass is 10.1. The molecule has 4 heteroatoms. The third-order valence-corrected chi connectivity index (χ3v) is 3.71. The monoisotopic (exact) mass is 258 g/mol. The number of hydrogen-bond donors (Lipinski definition) is 2. The Morgan fingerprint density at radius 2 is 2.26 bits per heavy atom. The number of rotatable bonds is 5. The fourth-order valence-corrected chi connectivity index (χ4v) is 2.45. The van der Waals surface area contributed by atoms with E-state index in [1.165, 1.54) is 18.4 Å². The highest BCUT2D eigenvalue weighted by Gasteiger charge is 2.21. The summed E-state index contributed by atoms with van der Waals surface area (Å²) in [6, 6.07) is 6.02. The van der Waals surface area contributed by atoms with Crippen LogP contribution in [0.25, 0.3) is 10.9 Å². The summed E-state index contributed by atoms with van der Waals surface area (Å²) in [6.07, 6.45) is 4.64. The quantitative estimate of drug-likeness (QED) is 0.866. The Labute approximate surface area is 112 Å². The van der Waals surface area contributed by atoms with Crippen LogP contribution >= 0.6 is 0 Å². The number of nitrogens with one attached hydrogen (secondary N) is 1. The van der Waals surface area contributed by atoms with Crippen molar-refractivity contribution in [2.45, 2.75) is 38.9 Å². The maximum Gasteiger partial charge on any atom is 0.335 e. The molecule has 19 heavy (non-hydrogen) atoms. The van der Waals surface area contributed by atoms with Crippen molar-refractivity contribution in [3.63, 3.8) is 0 Å². The van der Waals surface area contributed by atoms with E-state index in [0.29, 0.717) is 11.6 Å². The number of aromatic nitrogens is 1. The van der Waals surface area contributed by atoms with Gasteiger partial charge in [0.25, 0.3) is 0 Å². The highest BCUT2D eigenvalue weighted by molar-refractivity contribution is 5.95. The van der Waals surface area contributed by atoms with E-state index >= 15 is 0 Å². The first-order chi connectivity index (χ1) is 9.19. The number of nitrogens with zero attached hydrogens (tertiary/aromatic N) is 1. The van der Waals surface area contributed by atoms with Gasteiger partial charge in [-0.1, -0.05) is 0 Å². The number of fused-ring (bicyclic) bond motifs is 1. The van der Waals surface area contributed by atoms with Crippen LogP contribution in [0.15, 0.2) is 24.4 Å². The van der Waals surface area contributed by atoms with Crippen molar-refractivity contribution in [1.29, 1.82) is 0 Å². The molecule has 4 nitrogen and oxygen atoms in total. The van der Waals surface area contributed by atoms with E-state index in [0.717, 1.165) is 24.0 Å². The van der Waals surface area contributed by atoms with Gasteiger partial charge in [-0.2, -0.15) is 0 Å². The van der Waals surface area contributed by atoms with Crippen LogP contribution in [0.2, 0.25) is 0 Å². The van der Waals surface area contributed by atoms with Gasteiger partial charge < -0.3 is 15.0 Å². The van der Waals surface area contributed by atoms with E-state index in [1.54, 1.807) is 12.1 Å². The van der Waals surface area contributed by atoms with Crippen LogP contribution in [0.3, 0.4) is 0 Å². The molecule has 1 saturated carbocycles. The van der Waals surface area contributed by atoms with Crippen LogP contribution < -0.4 is 5.32 Å². The average molecular weight is 258 g/mol. The highest BCUT2D eigenvalue weighted by atomic mass is 16.4. The third kappa shape index (κ3) is 2.36. The molecule has 2 N–H and O–H groups in total. The molecule has 0 spiro atoms. The minimum Gasteiger partial charge on any atom is -0.478 e. The molecule has 0 amide bonds. The lowest BCUT2D eigenvalue weighted by Gasteiger charge is -2.02. The van der Waals surface area contributed by atoms with Crippen molar-refractivity contribution < 1.29 is 9.90 Å². The van der Waals surface area contributed by atoms with Crippen molar-refractivity contribution >= 4 is 16.9 Å². The zero-order valence-corrected chi connectivity index (χ0v) is 11.0. The SMILES string of the molecule is CCn1cc(CNC2CC2)c2cc(C(=O)O)ccc21. The lowest BCUT2D eigenvalue weighted by Crippen LogP contribution is -2.15. The van der Waals surface area contributed by atoms with E-state index < -0.39 is 5.97 Å². The largest absolute Gasteiger partial charge is 0.478 e. The predicted octanol–water partition coefficient (Wildman–Crippen LogP) is 2.61. The number of aromatic carboxylic acids is 1. The summed E-state index contributed by atoms with van der Waals surface area (Å²) in [5, 5.41) is 13.6. The topological polar surface area (TPSA) is 54.3 Å². The summed E-state index contributed by atoms with van der Waals surface area (Å²) >= 11 is 0. The highest BCUT2D eigenvalue weighted by Crippen LogP contribution is 2.25. The Hall–Kier alpha value is -1.81. The molecule has 3 rings (SSSR count). The van der Waals surface area contributed by atoms with Crippen LogP contribution in [0.4, 0.5) is 0 Å². The Morgan fingerprint density at radius 3 is 2.89 bits per heavy atom. The molecule has 0 aliphatic heterocycles. The zero-order chi connectivity index (χ0) is 13.4. The van der Waals surface area contributed by atoms with E-state index in [9.17, 15) is 4.79 Å². The first kappa shape index (κ1) is 12.2. The van der Waals surface area contributed by atoms with Crippen LogP contribution in [-0.4, -0.2) is 21.7 Å². The van der Waals surface area contributed by atoms with Gasteiger partial charge in [0.15, 0.2) is 0 Å². The normalized spacial score (nSPS) is 15.0. The molecule has 0 radical (unpaired) electrons. The maximum absolute atomic E-state index is 11.1. The van der Waals surface area contributed by atoms with E-state index in [4.69, 9.17) is 5.11 Å². The Bertz CT molecular complexity index is 626. The van der Waals surface area contributed by atoms with Crippen molar-refractivity contribution in [2.75, 3.05) is 0 Å². The molecule has 0 bridgehead atoms. The molecule has 1 aliphatic carbocycles. The van der Waals surface area contributed by atoms with E-state index in [-0.39, 0.29) is 0 Å². The molecule has 1 aromatic carbocycles. The fraction of sp³-hybridized carbons (Fsp3) is 0.400. The molecule has 0 atom stereocenters. The van der Waals surface area contributed by atoms with E-state index in [1.807, 2.05) is 6.07 Å². The second-order valence-electron chi connectivity index (χ2n) is 5.13. The molecular formula is C15H18N2O2. The van der Waals surface area contributed by atoms with Crippen molar-refractivity contribution in [3.05, 3.63) is 35.5 Å². The average Bonchev–Trinajstić information content (AvgIpc) is 3.17. The van der Waals surface area contributed by atoms with Crippen molar-refractivity contribution in [3.8, 4) is 0 Å². The van der Waals surface area contributed by atoms with Gasteiger partial charge in [-0.15, -0.1) is 0 Å². The third-order valence-electron chi connectivity index (χ3n) is 3.71. The van der Waals surface area contributed by atoms with Crippen LogP contribution in [-0.2, 0) is 13.1 Å². The molecular weight excluding hydrogens is 240 g/mol. The number of aryl methyl sites for hydroxylation is 1. The molecule has 1 aliphatic rings. The number of benzene rings is 1. The Balaban J connectivity index is 2.02. The molecule has 0 saturated heterocycles. The number of carbonyl (C=O) groups is 1. The van der Waals surface area contributed by atoms with Crippen LogP contribution in [0.1, 0.15) is 35.7 Å². The van der Waals surface area contributed by atoms with Gasteiger partial charge in [-0.3, -0.25) is 0 Å². The van der Waals surface area contributed by atoms with Crippen molar-refractivity contribution in [2.24, 2.45) is 0 Å². The van der Waals surface area contributed by atoms with Crippen LogP contribution in [0.5, 0.6) is 0 Å². The Kier molecular flexibility index (Phi) is 3.03. The lowest BCUT2D eigenvalue weighted by molar-refractivity contribution is 0.0697. The van der Waals surface area contributed by atoms with Crippen LogP contribution in [0, 0.1) is 0 Å². The van der Waals surface area contributed by atoms with E-state index in [2.05, 4.69) is 23.0 Å². The summed E-state index contributed by atoms with van der Waals surface area (Å²) in [6.45, 7) is 3.81. The molecule has 100 valence electrons. The Morgan fingerprint density at radius 1 is 1.47 bits per heavy atom. The second-order valence-corrected chi connectivity index (χ2v) is 5.13. The summed E-state index contributed by atoms with van der Waals surface area (Å²) in [4.78, 5) is 11.1. The van der Waals surface area contributed by atoms with Gasteiger partial charge in [0.1, 0.15) is 0 Å². The summed E-state index contributed by atoms with van der Waals surface area (Å²) in [7, 11) is 0. The minimum absolute atomic E-state index is 0.356. The molecule has 1 heterocycles. The molecule has 0 unspecified atom stereocenters. The van der Waals surface area contributed by atoms with Gasteiger partial charge in [0.05, 0.1) is 5.56 Å². The first-order valence-electron chi connectivity index (χ1n) is 6.77. The summed E-state index contributed by atoms with van der Waals surface area (Å²) in [5.74, 6) is -0.868. The van der Waals surface area contributed by atoms with Gasteiger partial charge in [0, 0.05) is 36.2 Å². The standard InChI is InChI=1S/C15H18N2O2/c1-2-17-9-11(8-16-12-4-5-12)13-7-10(15(18)19)3-6-14(13)17/h3,6-7,9,12,16H,2,4-5,8H2,1H3,(H,18,19). The minimum atomic E-state index is -0.868. The van der Waals surface area contributed by atoms with Gasteiger partial charge in [-0.05, 0) is 43.5 Å². The summed E-state index contributed by atoms with van der Waals surface area (Å²) in [5.41, 5.74) is 2.65. The fourth-order valence-electron chi connectivity index (χ4n) is 2.45. The van der Waals surface area contributed by atoms with Gasteiger partial charge in [0.2, 0.25) is 0 Å². The molecule has 1 fully saturated rings. The number of hydrogen-bond acceptors (Lipinski definition) is 2. The van der Waals surface area contributed by atoms with Gasteiger partial charge in [-0.25, -0.2) is 4.79 Å².